The van der Waals surface area contributed by atoms with Crippen molar-refractivity contribution in [2.24, 2.45) is 0 Å². The molecule has 28 heavy (non-hydrogen) atoms. The van der Waals surface area contributed by atoms with Crippen LogP contribution < -0.4 is 0 Å². The van der Waals surface area contributed by atoms with Gasteiger partial charge in [-0.05, 0) is 41.4 Å². The van der Waals surface area contributed by atoms with Gasteiger partial charge in [0.2, 0.25) is 0 Å². The molecule has 148 valence electrons. The van der Waals surface area contributed by atoms with E-state index in [-0.39, 0.29) is 11.8 Å². The van der Waals surface area contributed by atoms with Crippen molar-refractivity contribution in [1.82, 2.24) is 4.90 Å². The Labute approximate surface area is 169 Å². The van der Waals surface area contributed by atoms with E-state index >= 15 is 0 Å². The molecule has 2 atom stereocenters. The Morgan fingerprint density at radius 2 is 1.18 bits per heavy atom. The summed E-state index contributed by atoms with van der Waals surface area (Å²) in [7, 11) is 0. The highest BCUT2D eigenvalue weighted by molar-refractivity contribution is 6.12. The minimum Gasteiger partial charge on any atom is -0.271 e. The molecule has 0 fully saturated rings. The van der Waals surface area contributed by atoms with Gasteiger partial charge in [0, 0.05) is 12.2 Å². The van der Waals surface area contributed by atoms with Crippen LogP contribution in [0, 0.1) is 0 Å². The van der Waals surface area contributed by atoms with Crippen LogP contribution >= 0.6 is 0 Å². The molecule has 2 aromatic rings. The van der Waals surface area contributed by atoms with Crippen molar-refractivity contribution in [2.45, 2.75) is 58.9 Å². The van der Waals surface area contributed by atoms with E-state index in [1.165, 1.54) is 34.6 Å². The maximum atomic E-state index is 11.4. The molecule has 1 heterocycles. The van der Waals surface area contributed by atoms with Crippen LogP contribution in [-0.2, 0) is 16.1 Å². The van der Waals surface area contributed by atoms with Crippen LogP contribution in [0.15, 0.2) is 66.7 Å². The molecule has 0 saturated carbocycles. The largest absolute Gasteiger partial charge is 0.271 e. The molecule has 0 aliphatic carbocycles. The number of hydrogen-bond donors (Lipinski definition) is 0. The van der Waals surface area contributed by atoms with Gasteiger partial charge in [0.1, 0.15) is 0 Å². The Morgan fingerprint density at radius 3 is 1.64 bits per heavy atom. The average Bonchev–Trinajstić information content (AvgIpc) is 3.06. The van der Waals surface area contributed by atoms with Gasteiger partial charge in [0.25, 0.3) is 11.8 Å². The first-order valence-electron chi connectivity index (χ1n) is 10.1. The summed E-state index contributed by atoms with van der Waals surface area (Å²) in [5.41, 5.74) is 3.72. The summed E-state index contributed by atoms with van der Waals surface area (Å²) >= 11 is 0. The first-order valence-corrected chi connectivity index (χ1v) is 10.1. The van der Waals surface area contributed by atoms with E-state index in [1.54, 1.807) is 0 Å². The molecule has 0 radical (unpaired) electrons. The van der Waals surface area contributed by atoms with Crippen LogP contribution in [0.25, 0.3) is 0 Å². The molecule has 3 heteroatoms. The smallest absolute Gasteiger partial charge is 0.253 e. The average molecular weight is 378 g/mol. The Balaban J connectivity index is 0.000000237. The fraction of sp³-hybridized carbons (Fsp3) is 0.360. The first-order chi connectivity index (χ1) is 13.5. The van der Waals surface area contributed by atoms with E-state index in [2.05, 4.69) is 70.2 Å². The van der Waals surface area contributed by atoms with Crippen molar-refractivity contribution >= 4 is 11.8 Å². The SMILES string of the molecule is CCC(C)c1ccc(CN2C(=O)C=CC2=O)cc1.CCC(C)c1ccccc1. The summed E-state index contributed by atoms with van der Waals surface area (Å²) in [4.78, 5) is 24.1. The lowest BCUT2D eigenvalue weighted by Gasteiger charge is -2.15. The fourth-order valence-corrected chi connectivity index (χ4v) is 2.97. The van der Waals surface area contributed by atoms with Crippen molar-refractivity contribution in [2.75, 3.05) is 0 Å². The molecular weight excluding hydrogens is 346 g/mol. The molecule has 2 unspecified atom stereocenters. The van der Waals surface area contributed by atoms with Gasteiger partial charge in [-0.1, -0.05) is 82.3 Å². The van der Waals surface area contributed by atoms with Gasteiger partial charge in [-0.2, -0.15) is 0 Å². The van der Waals surface area contributed by atoms with Gasteiger partial charge in [-0.3, -0.25) is 14.5 Å². The van der Waals surface area contributed by atoms with Gasteiger partial charge >= 0.3 is 0 Å². The second-order valence-electron chi connectivity index (χ2n) is 7.37. The van der Waals surface area contributed by atoms with Crippen molar-refractivity contribution in [3.63, 3.8) is 0 Å². The number of carbonyl (C=O) groups is 2. The topological polar surface area (TPSA) is 37.4 Å². The molecule has 0 bridgehead atoms. The molecular formula is C25H31NO2. The van der Waals surface area contributed by atoms with Gasteiger partial charge in [0.15, 0.2) is 0 Å². The maximum absolute atomic E-state index is 11.4. The predicted molar refractivity (Wildman–Crippen MR) is 115 cm³/mol. The molecule has 2 amide bonds. The third kappa shape index (κ3) is 5.91. The highest BCUT2D eigenvalue weighted by atomic mass is 16.2. The molecule has 3 rings (SSSR count). The summed E-state index contributed by atoms with van der Waals surface area (Å²) in [6.45, 7) is 9.18. The molecule has 2 aromatic carbocycles. The molecule has 0 N–H and O–H groups in total. The summed E-state index contributed by atoms with van der Waals surface area (Å²) in [6.07, 6.45) is 4.96. The number of amides is 2. The van der Waals surface area contributed by atoms with Crippen molar-refractivity contribution < 1.29 is 9.59 Å². The first kappa shape index (κ1) is 21.6. The summed E-state index contributed by atoms with van der Waals surface area (Å²) < 4.78 is 0. The summed E-state index contributed by atoms with van der Waals surface area (Å²) in [5, 5.41) is 0. The zero-order valence-electron chi connectivity index (χ0n) is 17.4. The Hall–Kier alpha value is -2.68. The van der Waals surface area contributed by atoms with E-state index in [1.807, 2.05) is 12.1 Å². The Kier molecular flexibility index (Phi) is 8.19. The monoisotopic (exact) mass is 377 g/mol. The van der Waals surface area contributed by atoms with Gasteiger partial charge < -0.3 is 0 Å². The lowest BCUT2D eigenvalue weighted by Crippen LogP contribution is -2.29. The van der Waals surface area contributed by atoms with Crippen molar-refractivity contribution in [3.05, 3.63) is 83.4 Å². The van der Waals surface area contributed by atoms with Crippen LogP contribution in [0.5, 0.6) is 0 Å². The fourth-order valence-electron chi connectivity index (χ4n) is 2.97. The van der Waals surface area contributed by atoms with Gasteiger partial charge in [-0.25, -0.2) is 0 Å². The highest BCUT2D eigenvalue weighted by Crippen LogP contribution is 2.20. The lowest BCUT2D eigenvalue weighted by molar-refractivity contribution is -0.137. The summed E-state index contributed by atoms with van der Waals surface area (Å²) in [6, 6.07) is 18.8. The van der Waals surface area contributed by atoms with Crippen LogP contribution in [0.4, 0.5) is 0 Å². The standard InChI is InChI=1S/C15H17NO2.C10H14/c1-3-11(2)13-6-4-12(5-7-13)10-16-14(17)8-9-15(16)18;1-3-9(2)10-7-5-4-6-8-10/h4-9,11H,3,10H2,1-2H3;4-9H,3H2,1-2H3. The van der Waals surface area contributed by atoms with E-state index in [0.717, 1.165) is 12.0 Å². The van der Waals surface area contributed by atoms with Crippen LogP contribution in [0.3, 0.4) is 0 Å². The molecule has 1 aliphatic heterocycles. The van der Waals surface area contributed by atoms with E-state index < -0.39 is 0 Å². The normalized spacial score (nSPS) is 15.2. The third-order valence-corrected chi connectivity index (χ3v) is 5.38. The minimum atomic E-state index is -0.231. The number of carbonyl (C=O) groups excluding carboxylic acids is 2. The third-order valence-electron chi connectivity index (χ3n) is 5.38. The molecule has 1 aliphatic rings. The number of imide groups is 1. The van der Waals surface area contributed by atoms with Crippen LogP contribution in [0.1, 0.15) is 69.1 Å². The van der Waals surface area contributed by atoms with E-state index in [4.69, 9.17) is 0 Å². The van der Waals surface area contributed by atoms with Gasteiger partial charge in [0.05, 0.1) is 6.54 Å². The zero-order chi connectivity index (χ0) is 20.5. The Bertz CT molecular complexity index is 775. The molecule has 3 nitrogen and oxygen atoms in total. The Morgan fingerprint density at radius 1 is 0.714 bits per heavy atom. The summed E-state index contributed by atoms with van der Waals surface area (Å²) in [5.74, 6) is 0.786. The van der Waals surface area contributed by atoms with Crippen LogP contribution in [0.2, 0.25) is 0 Å². The maximum Gasteiger partial charge on any atom is 0.253 e. The van der Waals surface area contributed by atoms with Crippen LogP contribution in [-0.4, -0.2) is 16.7 Å². The highest BCUT2D eigenvalue weighted by Gasteiger charge is 2.23. The van der Waals surface area contributed by atoms with Gasteiger partial charge in [-0.15, -0.1) is 0 Å². The van der Waals surface area contributed by atoms with Crippen molar-refractivity contribution in [1.29, 1.82) is 0 Å². The lowest BCUT2D eigenvalue weighted by atomic mass is 9.97. The number of hydrogen-bond acceptors (Lipinski definition) is 2. The predicted octanol–water partition coefficient (Wildman–Crippen LogP) is 5.83. The minimum absolute atomic E-state index is 0.231. The second kappa shape index (κ2) is 10.6. The number of rotatable bonds is 6. The quantitative estimate of drug-likeness (QED) is 0.594. The second-order valence-corrected chi connectivity index (χ2v) is 7.37. The van der Waals surface area contributed by atoms with E-state index in [9.17, 15) is 9.59 Å². The zero-order valence-corrected chi connectivity index (χ0v) is 17.4. The number of nitrogens with zero attached hydrogens (tertiary/aromatic N) is 1. The molecule has 0 spiro atoms. The molecule has 0 saturated heterocycles. The van der Waals surface area contributed by atoms with E-state index in [0.29, 0.717) is 18.4 Å². The molecule has 0 aromatic heterocycles. The van der Waals surface area contributed by atoms with Crippen molar-refractivity contribution in [3.8, 4) is 0 Å². The number of benzene rings is 2.